The molecule has 9 nitrogen and oxygen atoms in total. The Morgan fingerprint density at radius 2 is 1.73 bits per heavy atom. The number of rotatable bonds is 5. The first-order valence-corrected chi connectivity index (χ1v) is 12.6. The van der Waals surface area contributed by atoms with Crippen molar-refractivity contribution in [2.75, 3.05) is 13.1 Å². The van der Waals surface area contributed by atoms with E-state index in [-0.39, 0.29) is 0 Å². The van der Waals surface area contributed by atoms with Gasteiger partial charge >= 0.3 is 0 Å². The first-order valence-electron chi connectivity index (χ1n) is 12.6. The van der Waals surface area contributed by atoms with Gasteiger partial charge in [-0.2, -0.15) is 5.10 Å². The lowest BCUT2D eigenvalue weighted by Gasteiger charge is -2.26. The molecule has 0 atom stereocenters. The van der Waals surface area contributed by atoms with Gasteiger partial charge in [0.2, 0.25) is 0 Å². The van der Waals surface area contributed by atoms with Crippen LogP contribution in [0.25, 0.3) is 56.0 Å². The van der Waals surface area contributed by atoms with Gasteiger partial charge in [-0.05, 0) is 61.8 Å². The second-order valence-corrected chi connectivity index (χ2v) is 9.50. The second kappa shape index (κ2) is 9.18. The lowest BCUT2D eigenvalue weighted by Crippen LogP contribution is -2.29. The smallest absolute Gasteiger partial charge is 0.181 e. The number of nitrogens with one attached hydrogen (secondary N) is 2. The van der Waals surface area contributed by atoms with E-state index in [1.807, 2.05) is 36.8 Å². The summed E-state index contributed by atoms with van der Waals surface area (Å²) in [6.45, 7) is 3.25. The molecule has 6 aromatic rings. The Kier molecular flexibility index (Phi) is 5.40. The van der Waals surface area contributed by atoms with Crippen molar-refractivity contribution >= 4 is 22.1 Å². The Bertz CT molecular complexity index is 1700. The highest BCUT2D eigenvalue weighted by Gasteiger charge is 2.17. The Morgan fingerprint density at radius 3 is 2.62 bits per heavy atom. The normalized spacial score (nSPS) is 14.5. The SMILES string of the molecule is c1cncc(-c2nccc3[nH]c(-c4[nH]nc5ncc(-c6cncc(CN7CCCCC7)c6)cc45)nc23)c1. The zero-order chi connectivity index (χ0) is 24.6. The molecule has 6 aromatic heterocycles. The summed E-state index contributed by atoms with van der Waals surface area (Å²) in [6.07, 6.45) is 14.9. The van der Waals surface area contributed by atoms with E-state index in [4.69, 9.17) is 4.98 Å². The molecule has 0 aromatic carbocycles. The molecule has 0 radical (unpaired) electrons. The van der Waals surface area contributed by atoms with Gasteiger partial charge in [0, 0.05) is 60.4 Å². The van der Waals surface area contributed by atoms with Gasteiger partial charge in [0.05, 0.1) is 16.6 Å². The summed E-state index contributed by atoms with van der Waals surface area (Å²) < 4.78 is 0. The Labute approximate surface area is 213 Å². The molecule has 182 valence electrons. The van der Waals surface area contributed by atoms with E-state index in [1.165, 1.54) is 24.8 Å². The molecular formula is C28H25N9. The van der Waals surface area contributed by atoms with Gasteiger partial charge in [-0.1, -0.05) is 6.42 Å². The van der Waals surface area contributed by atoms with Gasteiger partial charge in [-0.25, -0.2) is 9.97 Å². The van der Waals surface area contributed by atoms with Crippen LogP contribution in [-0.2, 0) is 6.54 Å². The molecule has 0 saturated carbocycles. The van der Waals surface area contributed by atoms with E-state index in [0.29, 0.717) is 11.5 Å². The Balaban J connectivity index is 1.26. The minimum absolute atomic E-state index is 0.641. The van der Waals surface area contributed by atoms with Crippen molar-refractivity contribution in [1.29, 1.82) is 0 Å². The van der Waals surface area contributed by atoms with E-state index in [2.05, 4.69) is 52.1 Å². The Hall–Kier alpha value is -4.50. The zero-order valence-electron chi connectivity index (χ0n) is 20.2. The van der Waals surface area contributed by atoms with Crippen molar-refractivity contribution in [2.24, 2.45) is 0 Å². The predicted molar refractivity (Wildman–Crippen MR) is 142 cm³/mol. The number of nitrogens with zero attached hydrogens (tertiary/aromatic N) is 7. The van der Waals surface area contributed by atoms with Crippen LogP contribution in [0.4, 0.5) is 0 Å². The molecule has 0 unspecified atom stereocenters. The quantitative estimate of drug-likeness (QED) is 0.352. The average molecular weight is 488 g/mol. The number of imidazole rings is 1. The largest absolute Gasteiger partial charge is 0.337 e. The monoisotopic (exact) mass is 487 g/mol. The number of pyridine rings is 4. The molecule has 1 saturated heterocycles. The van der Waals surface area contributed by atoms with Crippen molar-refractivity contribution in [1.82, 2.24) is 45.0 Å². The maximum Gasteiger partial charge on any atom is 0.181 e. The van der Waals surface area contributed by atoms with Crippen LogP contribution in [0.1, 0.15) is 24.8 Å². The van der Waals surface area contributed by atoms with Crippen molar-refractivity contribution < 1.29 is 0 Å². The number of hydrogen-bond donors (Lipinski definition) is 2. The van der Waals surface area contributed by atoms with E-state index in [0.717, 1.165) is 64.1 Å². The van der Waals surface area contributed by atoms with Crippen molar-refractivity contribution in [3.63, 3.8) is 0 Å². The van der Waals surface area contributed by atoms with Crippen LogP contribution in [0, 0.1) is 0 Å². The topological polar surface area (TPSA) is 112 Å². The van der Waals surface area contributed by atoms with Gasteiger partial charge < -0.3 is 4.98 Å². The summed E-state index contributed by atoms with van der Waals surface area (Å²) in [5.41, 5.74) is 8.07. The van der Waals surface area contributed by atoms with Crippen LogP contribution in [-0.4, -0.2) is 58.1 Å². The molecular weight excluding hydrogens is 462 g/mol. The Morgan fingerprint density at radius 1 is 0.838 bits per heavy atom. The second-order valence-electron chi connectivity index (χ2n) is 9.50. The van der Waals surface area contributed by atoms with Crippen LogP contribution in [0.3, 0.4) is 0 Å². The number of aromatic nitrogens is 8. The number of piperidine rings is 1. The van der Waals surface area contributed by atoms with Gasteiger partial charge in [0.25, 0.3) is 0 Å². The molecule has 1 aliphatic rings. The summed E-state index contributed by atoms with van der Waals surface area (Å²) in [5, 5.41) is 8.46. The van der Waals surface area contributed by atoms with E-state index >= 15 is 0 Å². The maximum absolute atomic E-state index is 4.90. The van der Waals surface area contributed by atoms with Crippen molar-refractivity contribution in [2.45, 2.75) is 25.8 Å². The van der Waals surface area contributed by atoms with Crippen LogP contribution in [0.15, 0.2) is 67.5 Å². The maximum atomic E-state index is 4.90. The van der Waals surface area contributed by atoms with Gasteiger partial charge in [-0.15, -0.1) is 0 Å². The summed E-state index contributed by atoms with van der Waals surface area (Å²) in [5.74, 6) is 0.687. The highest BCUT2D eigenvalue weighted by molar-refractivity contribution is 5.96. The van der Waals surface area contributed by atoms with Crippen molar-refractivity contribution in [3.8, 4) is 33.9 Å². The van der Waals surface area contributed by atoms with E-state index in [9.17, 15) is 0 Å². The molecule has 1 fully saturated rings. The number of aromatic amines is 2. The number of hydrogen-bond acceptors (Lipinski definition) is 7. The van der Waals surface area contributed by atoms with E-state index < -0.39 is 0 Å². The third-order valence-corrected chi connectivity index (χ3v) is 6.97. The summed E-state index contributed by atoms with van der Waals surface area (Å²) >= 11 is 0. The molecule has 1 aliphatic heterocycles. The molecule has 0 amide bonds. The minimum atomic E-state index is 0.641. The minimum Gasteiger partial charge on any atom is -0.337 e. The fourth-order valence-electron chi connectivity index (χ4n) is 5.11. The van der Waals surface area contributed by atoms with Crippen LogP contribution >= 0.6 is 0 Å². The molecule has 2 N–H and O–H groups in total. The third-order valence-electron chi connectivity index (χ3n) is 6.97. The van der Waals surface area contributed by atoms with Gasteiger partial charge in [0.1, 0.15) is 11.2 Å². The number of fused-ring (bicyclic) bond motifs is 2. The highest BCUT2D eigenvalue weighted by Crippen LogP contribution is 2.31. The number of H-pyrrole nitrogens is 2. The van der Waals surface area contributed by atoms with Gasteiger partial charge in [0.15, 0.2) is 11.5 Å². The average Bonchev–Trinajstić information content (AvgIpc) is 3.58. The lowest BCUT2D eigenvalue weighted by molar-refractivity contribution is 0.220. The molecule has 7 rings (SSSR count). The van der Waals surface area contributed by atoms with Crippen LogP contribution in [0.5, 0.6) is 0 Å². The molecule has 9 heteroatoms. The van der Waals surface area contributed by atoms with Gasteiger partial charge in [-0.3, -0.25) is 25.0 Å². The lowest BCUT2D eigenvalue weighted by atomic mass is 10.1. The third kappa shape index (κ3) is 4.13. The highest BCUT2D eigenvalue weighted by atomic mass is 15.2. The molecule has 0 aliphatic carbocycles. The summed E-state index contributed by atoms with van der Waals surface area (Å²) in [4.78, 5) is 28.8. The van der Waals surface area contributed by atoms with Crippen molar-refractivity contribution in [3.05, 3.63) is 73.1 Å². The first-order chi connectivity index (χ1) is 18.3. The fourth-order valence-corrected chi connectivity index (χ4v) is 5.11. The van der Waals surface area contributed by atoms with Crippen LogP contribution in [0.2, 0.25) is 0 Å². The summed E-state index contributed by atoms with van der Waals surface area (Å²) in [7, 11) is 0. The first kappa shape index (κ1) is 21.8. The fraction of sp³-hybridized carbons (Fsp3) is 0.214. The number of likely N-dealkylation sites (tertiary alicyclic amines) is 1. The molecule has 7 heterocycles. The predicted octanol–water partition coefficient (Wildman–Crippen LogP) is 5.01. The summed E-state index contributed by atoms with van der Waals surface area (Å²) in [6, 6.07) is 10.1. The standard InChI is InChI=1S/C28H25N9/c1-2-9-37(10-3-1)17-18-11-20(15-30-13-18)21-12-22-25(35-36-27(22)32-16-21)28-33-23-6-8-31-24(26(23)34-28)19-5-4-7-29-14-19/h4-8,11-16H,1-3,9-10,17H2,(H,33,34)(H,32,35,36). The molecule has 0 bridgehead atoms. The molecule has 37 heavy (non-hydrogen) atoms. The molecule has 0 spiro atoms. The van der Waals surface area contributed by atoms with E-state index in [1.54, 1.807) is 18.6 Å². The van der Waals surface area contributed by atoms with Crippen LogP contribution < -0.4 is 0 Å². The zero-order valence-corrected chi connectivity index (χ0v) is 20.2.